The van der Waals surface area contributed by atoms with Crippen molar-refractivity contribution in [3.05, 3.63) is 12.7 Å². The smallest absolute Gasteiger partial charge is 0.245 e. The number of nitrogens with zero attached hydrogens (tertiary/aromatic N) is 2. The van der Waals surface area contributed by atoms with Gasteiger partial charge in [-0.3, -0.25) is 4.79 Å². The van der Waals surface area contributed by atoms with Crippen LogP contribution in [0.5, 0.6) is 0 Å². The standard InChI is InChI=1S/C15H26N2O/c1-4-14(18)17-11-7-15(8-12-17)5-9-16(10-6-15)13(2)3/h4,13H,1,5-12H2,2-3H3. The molecule has 18 heavy (non-hydrogen) atoms. The molecule has 0 N–H and O–H groups in total. The maximum atomic E-state index is 11.6. The van der Waals surface area contributed by atoms with Gasteiger partial charge in [0.15, 0.2) is 0 Å². The van der Waals surface area contributed by atoms with Crippen LogP contribution in [0.3, 0.4) is 0 Å². The van der Waals surface area contributed by atoms with Crippen LogP contribution < -0.4 is 0 Å². The Hall–Kier alpha value is -0.830. The van der Waals surface area contributed by atoms with Crippen molar-refractivity contribution in [1.82, 2.24) is 9.80 Å². The quantitative estimate of drug-likeness (QED) is 0.702. The Balaban J connectivity index is 1.86. The Bertz CT molecular complexity index is 306. The van der Waals surface area contributed by atoms with Crippen LogP contribution >= 0.6 is 0 Å². The zero-order valence-corrected chi connectivity index (χ0v) is 11.8. The summed E-state index contributed by atoms with van der Waals surface area (Å²) in [5.41, 5.74) is 0.517. The molecule has 2 heterocycles. The molecule has 0 radical (unpaired) electrons. The first-order chi connectivity index (χ1) is 8.56. The average Bonchev–Trinajstić information content (AvgIpc) is 2.39. The number of amides is 1. The van der Waals surface area contributed by atoms with Gasteiger partial charge in [0.1, 0.15) is 0 Å². The van der Waals surface area contributed by atoms with Gasteiger partial charge in [0.25, 0.3) is 0 Å². The van der Waals surface area contributed by atoms with Gasteiger partial charge >= 0.3 is 0 Å². The maximum absolute atomic E-state index is 11.6. The van der Waals surface area contributed by atoms with E-state index in [0.717, 1.165) is 13.1 Å². The van der Waals surface area contributed by atoms with Crippen LogP contribution in [0.25, 0.3) is 0 Å². The fraction of sp³-hybridized carbons (Fsp3) is 0.800. The molecule has 0 aromatic heterocycles. The molecule has 1 spiro atoms. The van der Waals surface area contributed by atoms with Crippen LogP contribution in [0, 0.1) is 5.41 Å². The summed E-state index contributed by atoms with van der Waals surface area (Å²) in [7, 11) is 0. The molecule has 2 aliphatic heterocycles. The fourth-order valence-electron chi connectivity index (χ4n) is 3.35. The molecule has 0 unspecified atom stereocenters. The monoisotopic (exact) mass is 250 g/mol. The number of carbonyl (C=O) groups excluding carboxylic acids is 1. The largest absolute Gasteiger partial charge is 0.339 e. The predicted molar refractivity (Wildman–Crippen MR) is 74.4 cm³/mol. The summed E-state index contributed by atoms with van der Waals surface area (Å²) in [6.07, 6.45) is 6.42. The molecule has 2 saturated heterocycles. The van der Waals surface area contributed by atoms with Crippen LogP contribution in [-0.2, 0) is 4.79 Å². The highest BCUT2D eigenvalue weighted by molar-refractivity contribution is 5.87. The van der Waals surface area contributed by atoms with Crippen molar-refractivity contribution >= 4 is 5.91 Å². The predicted octanol–water partition coefficient (Wildman–Crippen LogP) is 2.29. The highest BCUT2D eigenvalue weighted by Gasteiger charge is 2.38. The van der Waals surface area contributed by atoms with E-state index in [9.17, 15) is 4.79 Å². The molecule has 0 aromatic rings. The van der Waals surface area contributed by atoms with Gasteiger partial charge in [-0.2, -0.15) is 0 Å². The summed E-state index contributed by atoms with van der Waals surface area (Å²) in [5.74, 6) is 0.101. The first-order valence-corrected chi connectivity index (χ1v) is 7.22. The van der Waals surface area contributed by atoms with E-state index in [4.69, 9.17) is 0 Å². The molecule has 102 valence electrons. The van der Waals surface area contributed by atoms with E-state index in [2.05, 4.69) is 25.3 Å². The van der Waals surface area contributed by atoms with Crippen molar-refractivity contribution in [1.29, 1.82) is 0 Å². The fourth-order valence-corrected chi connectivity index (χ4v) is 3.35. The summed E-state index contributed by atoms with van der Waals surface area (Å²) in [6, 6.07) is 0.671. The van der Waals surface area contributed by atoms with Gasteiger partial charge in [-0.05, 0) is 64.1 Å². The van der Waals surface area contributed by atoms with Crippen LogP contribution in [0.1, 0.15) is 39.5 Å². The molecule has 2 aliphatic rings. The molecule has 0 atom stereocenters. The molecule has 1 amide bonds. The van der Waals surface area contributed by atoms with E-state index in [1.165, 1.54) is 44.8 Å². The van der Waals surface area contributed by atoms with E-state index in [1.807, 2.05) is 4.90 Å². The number of piperidine rings is 2. The van der Waals surface area contributed by atoms with Crippen LogP contribution in [0.15, 0.2) is 12.7 Å². The summed E-state index contributed by atoms with van der Waals surface area (Å²) in [4.78, 5) is 16.1. The summed E-state index contributed by atoms with van der Waals surface area (Å²) >= 11 is 0. The lowest BCUT2D eigenvalue weighted by Crippen LogP contribution is -2.49. The summed E-state index contributed by atoms with van der Waals surface area (Å²) in [5, 5.41) is 0. The van der Waals surface area contributed by atoms with Crippen LogP contribution in [0.4, 0.5) is 0 Å². The average molecular weight is 250 g/mol. The van der Waals surface area contributed by atoms with Gasteiger partial charge in [-0.1, -0.05) is 6.58 Å². The molecule has 0 saturated carbocycles. The van der Waals surface area contributed by atoms with Crippen molar-refractivity contribution < 1.29 is 4.79 Å². The van der Waals surface area contributed by atoms with Crippen molar-refractivity contribution in [2.24, 2.45) is 5.41 Å². The van der Waals surface area contributed by atoms with Crippen LogP contribution in [-0.4, -0.2) is 47.9 Å². The molecule has 3 nitrogen and oxygen atoms in total. The van der Waals surface area contributed by atoms with Gasteiger partial charge < -0.3 is 9.80 Å². The lowest BCUT2D eigenvalue weighted by atomic mass is 9.71. The lowest BCUT2D eigenvalue weighted by molar-refractivity contribution is -0.128. The number of hydrogen-bond donors (Lipinski definition) is 0. The first-order valence-electron chi connectivity index (χ1n) is 7.22. The van der Waals surface area contributed by atoms with E-state index < -0.39 is 0 Å². The van der Waals surface area contributed by atoms with Gasteiger partial charge in [-0.15, -0.1) is 0 Å². The third-order valence-corrected chi connectivity index (χ3v) is 4.90. The summed E-state index contributed by atoms with van der Waals surface area (Å²) < 4.78 is 0. The van der Waals surface area contributed by atoms with Crippen molar-refractivity contribution in [3.63, 3.8) is 0 Å². The van der Waals surface area contributed by atoms with Crippen molar-refractivity contribution in [3.8, 4) is 0 Å². The molecule has 2 fully saturated rings. The van der Waals surface area contributed by atoms with Gasteiger partial charge in [0.2, 0.25) is 5.91 Å². The van der Waals surface area contributed by atoms with Gasteiger partial charge in [0.05, 0.1) is 0 Å². The molecular weight excluding hydrogens is 224 g/mol. The molecule has 0 aliphatic carbocycles. The van der Waals surface area contributed by atoms with E-state index in [0.29, 0.717) is 11.5 Å². The Labute approximate surface area is 111 Å². The van der Waals surface area contributed by atoms with Crippen LogP contribution in [0.2, 0.25) is 0 Å². The summed E-state index contributed by atoms with van der Waals surface area (Å²) in [6.45, 7) is 12.4. The Morgan fingerprint density at radius 1 is 1.11 bits per heavy atom. The van der Waals surface area contributed by atoms with Gasteiger partial charge in [0, 0.05) is 19.1 Å². The number of hydrogen-bond acceptors (Lipinski definition) is 2. The number of carbonyl (C=O) groups is 1. The minimum Gasteiger partial charge on any atom is -0.339 e. The maximum Gasteiger partial charge on any atom is 0.245 e. The molecule has 2 rings (SSSR count). The van der Waals surface area contributed by atoms with Crippen molar-refractivity contribution in [2.75, 3.05) is 26.2 Å². The van der Waals surface area contributed by atoms with E-state index >= 15 is 0 Å². The Morgan fingerprint density at radius 2 is 1.61 bits per heavy atom. The first kappa shape index (κ1) is 13.6. The number of likely N-dealkylation sites (tertiary alicyclic amines) is 2. The third-order valence-electron chi connectivity index (χ3n) is 4.90. The second kappa shape index (κ2) is 5.43. The topological polar surface area (TPSA) is 23.6 Å². The second-order valence-corrected chi connectivity index (χ2v) is 6.16. The molecule has 0 aromatic carbocycles. The normalized spacial score (nSPS) is 24.5. The SMILES string of the molecule is C=CC(=O)N1CCC2(CC1)CCN(C(C)C)CC2. The van der Waals surface area contributed by atoms with Gasteiger partial charge in [-0.25, -0.2) is 0 Å². The van der Waals surface area contributed by atoms with E-state index in [1.54, 1.807) is 0 Å². The Kier molecular flexibility index (Phi) is 4.10. The molecule has 3 heteroatoms. The zero-order valence-electron chi connectivity index (χ0n) is 11.8. The molecule has 0 bridgehead atoms. The Morgan fingerprint density at radius 3 is 2.06 bits per heavy atom. The third kappa shape index (κ3) is 2.77. The van der Waals surface area contributed by atoms with E-state index in [-0.39, 0.29) is 5.91 Å². The number of rotatable bonds is 2. The minimum atomic E-state index is 0.101. The van der Waals surface area contributed by atoms with Crippen molar-refractivity contribution in [2.45, 2.75) is 45.6 Å². The highest BCUT2D eigenvalue weighted by atomic mass is 16.2. The second-order valence-electron chi connectivity index (χ2n) is 6.16. The zero-order chi connectivity index (χ0) is 13.2. The lowest BCUT2D eigenvalue weighted by Gasteiger charge is -2.47. The highest BCUT2D eigenvalue weighted by Crippen LogP contribution is 2.41. The molecular formula is C15H26N2O. The minimum absolute atomic E-state index is 0.101.